The van der Waals surface area contributed by atoms with Gasteiger partial charge in [-0.2, -0.15) is 0 Å². The molecule has 0 spiro atoms. The summed E-state index contributed by atoms with van der Waals surface area (Å²) in [5.74, 6) is -0.810. The van der Waals surface area contributed by atoms with E-state index >= 15 is 0 Å². The number of amides is 2. The largest absolute Gasteiger partial charge is 0.481 e. The molecule has 2 fully saturated rings. The maximum atomic E-state index is 12.7. The van der Waals surface area contributed by atoms with Crippen molar-refractivity contribution in [3.05, 3.63) is 12.2 Å². The Morgan fingerprint density at radius 1 is 1.00 bits per heavy atom. The third-order valence-electron chi connectivity index (χ3n) is 5.82. The Hall–Kier alpha value is -1.89. The Labute approximate surface area is 173 Å². The Balaban J connectivity index is 1.70. The van der Waals surface area contributed by atoms with Gasteiger partial charge in [0.15, 0.2) is 0 Å². The van der Waals surface area contributed by atoms with Crippen molar-refractivity contribution in [1.29, 1.82) is 0 Å². The molecule has 2 rings (SSSR count). The van der Waals surface area contributed by atoms with Crippen LogP contribution in [0.4, 0.5) is 0 Å². The van der Waals surface area contributed by atoms with Gasteiger partial charge in [-0.25, -0.2) is 0 Å². The van der Waals surface area contributed by atoms with E-state index in [1.165, 1.54) is 0 Å². The molecule has 3 N–H and O–H groups in total. The minimum atomic E-state index is -0.772. The normalized spacial score (nSPS) is 25.4. The first-order valence-electron chi connectivity index (χ1n) is 11.1. The molecule has 2 heterocycles. The molecule has 2 saturated heterocycles. The van der Waals surface area contributed by atoms with E-state index in [-0.39, 0.29) is 42.3 Å². The summed E-state index contributed by atoms with van der Waals surface area (Å²) in [6.07, 6.45) is 11.9. The Morgan fingerprint density at radius 3 is 2.55 bits per heavy atom. The van der Waals surface area contributed by atoms with Gasteiger partial charge in [-0.05, 0) is 38.5 Å². The smallest absolute Gasteiger partial charge is 0.303 e. The molecule has 2 amide bonds. The van der Waals surface area contributed by atoms with Crippen LogP contribution < -0.4 is 10.6 Å². The summed E-state index contributed by atoms with van der Waals surface area (Å²) in [7, 11) is 0. The first kappa shape index (κ1) is 23.4. The van der Waals surface area contributed by atoms with Crippen LogP contribution in [0.5, 0.6) is 0 Å². The highest BCUT2D eigenvalue weighted by molar-refractivity contribution is 5.81. The van der Waals surface area contributed by atoms with E-state index in [0.717, 1.165) is 44.9 Å². The van der Waals surface area contributed by atoms with Gasteiger partial charge in [0.25, 0.3) is 0 Å². The molecule has 0 aromatic heterocycles. The predicted molar refractivity (Wildman–Crippen MR) is 110 cm³/mol. The number of carboxylic acid groups (broad SMARTS) is 1. The van der Waals surface area contributed by atoms with Crippen LogP contribution in [0.1, 0.15) is 71.1 Å². The summed E-state index contributed by atoms with van der Waals surface area (Å²) in [6, 6.07) is 0. The first-order valence-corrected chi connectivity index (χ1v) is 11.1. The van der Waals surface area contributed by atoms with E-state index in [9.17, 15) is 14.4 Å². The quantitative estimate of drug-likeness (QED) is 0.303. The van der Waals surface area contributed by atoms with E-state index in [0.29, 0.717) is 25.9 Å². The predicted octanol–water partition coefficient (Wildman–Crippen LogP) is 2.79. The zero-order valence-electron chi connectivity index (χ0n) is 17.5. The Morgan fingerprint density at radius 2 is 1.79 bits per heavy atom. The zero-order chi connectivity index (χ0) is 21.1. The fourth-order valence-electron chi connectivity index (χ4n) is 4.29. The number of carbonyl (C=O) groups is 3. The van der Waals surface area contributed by atoms with E-state index in [2.05, 4.69) is 23.6 Å². The fourth-order valence-corrected chi connectivity index (χ4v) is 4.29. The van der Waals surface area contributed by atoms with Crippen molar-refractivity contribution in [2.75, 3.05) is 13.1 Å². The third-order valence-corrected chi connectivity index (χ3v) is 5.82. The van der Waals surface area contributed by atoms with E-state index in [4.69, 9.17) is 9.84 Å². The molecule has 2 aliphatic rings. The summed E-state index contributed by atoms with van der Waals surface area (Å²) in [6.45, 7) is 3.17. The van der Waals surface area contributed by atoms with Gasteiger partial charge in [-0.3, -0.25) is 14.4 Å². The Kier molecular flexibility index (Phi) is 10.2. The second kappa shape index (κ2) is 12.6. The van der Waals surface area contributed by atoms with Crippen molar-refractivity contribution in [2.45, 2.75) is 83.3 Å². The zero-order valence-corrected chi connectivity index (χ0v) is 17.5. The molecular formula is C22H36N2O5. The van der Waals surface area contributed by atoms with Gasteiger partial charge >= 0.3 is 5.97 Å². The number of hydrogen-bond acceptors (Lipinski definition) is 4. The van der Waals surface area contributed by atoms with Gasteiger partial charge < -0.3 is 20.5 Å². The van der Waals surface area contributed by atoms with Gasteiger partial charge in [0, 0.05) is 31.8 Å². The van der Waals surface area contributed by atoms with Gasteiger partial charge in [-0.1, -0.05) is 31.9 Å². The van der Waals surface area contributed by atoms with Crippen LogP contribution in [0.3, 0.4) is 0 Å². The van der Waals surface area contributed by atoms with Crippen LogP contribution in [0, 0.1) is 11.8 Å². The van der Waals surface area contributed by atoms with Crippen molar-refractivity contribution in [1.82, 2.24) is 10.6 Å². The molecule has 29 heavy (non-hydrogen) atoms. The molecule has 0 aromatic carbocycles. The van der Waals surface area contributed by atoms with Crippen molar-refractivity contribution >= 4 is 17.8 Å². The highest BCUT2D eigenvalue weighted by Gasteiger charge is 2.51. The van der Waals surface area contributed by atoms with Crippen LogP contribution in [-0.4, -0.2) is 48.2 Å². The average molecular weight is 409 g/mol. The highest BCUT2D eigenvalue weighted by Crippen LogP contribution is 2.45. The standard InChI is InChI=1S/C22H36N2O5/c1-2-3-8-14-23-19(25)13-15-24-22(28)21-16(17-11-12-18(21)29-17)9-6-4-5-7-10-20(26)27/h4,6,16-18,21H,2-3,5,7-15H2,1H3,(H,23,25)(H,24,28)(H,26,27)/b6-4-/t16-,17-,18+,21?/m0/s1. The van der Waals surface area contributed by atoms with E-state index in [1.54, 1.807) is 0 Å². The van der Waals surface area contributed by atoms with Gasteiger partial charge in [0.2, 0.25) is 11.8 Å². The SMILES string of the molecule is CCCCCNC(=O)CCNC(=O)C1[C@@H](C/C=C\CCCC(=O)O)[C@@H]2CC[C@H]1O2. The maximum absolute atomic E-state index is 12.7. The first-order chi connectivity index (χ1) is 14.0. The van der Waals surface area contributed by atoms with Gasteiger partial charge in [0.1, 0.15) is 0 Å². The lowest BCUT2D eigenvalue weighted by molar-refractivity contribution is -0.137. The number of unbranched alkanes of at least 4 members (excludes halogenated alkanes) is 3. The fraction of sp³-hybridized carbons (Fsp3) is 0.773. The molecule has 164 valence electrons. The number of rotatable bonds is 14. The molecular weight excluding hydrogens is 372 g/mol. The monoisotopic (exact) mass is 408 g/mol. The molecule has 0 radical (unpaired) electrons. The molecule has 1 unspecified atom stereocenters. The Bertz CT molecular complexity index is 578. The lowest BCUT2D eigenvalue weighted by atomic mass is 9.77. The number of nitrogens with one attached hydrogen (secondary N) is 2. The van der Waals surface area contributed by atoms with Crippen molar-refractivity contribution in [2.24, 2.45) is 11.8 Å². The van der Waals surface area contributed by atoms with Crippen LogP contribution in [0.2, 0.25) is 0 Å². The summed E-state index contributed by atoms with van der Waals surface area (Å²) in [4.78, 5) is 35.1. The minimum absolute atomic E-state index is 0.0136. The number of hydrogen-bond donors (Lipinski definition) is 3. The number of carbonyl (C=O) groups excluding carboxylic acids is 2. The topological polar surface area (TPSA) is 105 Å². The van der Waals surface area contributed by atoms with Crippen molar-refractivity contribution in [3.63, 3.8) is 0 Å². The lowest BCUT2D eigenvalue weighted by Gasteiger charge is -2.26. The number of ether oxygens (including phenoxy) is 1. The van der Waals surface area contributed by atoms with Crippen molar-refractivity contribution in [3.8, 4) is 0 Å². The van der Waals surface area contributed by atoms with Crippen LogP contribution in [-0.2, 0) is 19.1 Å². The summed E-state index contributed by atoms with van der Waals surface area (Å²) in [5, 5.41) is 14.5. The van der Waals surface area contributed by atoms with E-state index in [1.807, 2.05) is 6.08 Å². The highest BCUT2D eigenvalue weighted by atomic mass is 16.5. The second-order valence-electron chi connectivity index (χ2n) is 8.07. The summed E-state index contributed by atoms with van der Waals surface area (Å²) < 4.78 is 5.98. The molecule has 2 bridgehead atoms. The van der Waals surface area contributed by atoms with Gasteiger partial charge in [-0.15, -0.1) is 0 Å². The van der Waals surface area contributed by atoms with Crippen molar-refractivity contribution < 1.29 is 24.2 Å². The molecule has 7 nitrogen and oxygen atoms in total. The molecule has 7 heteroatoms. The van der Waals surface area contributed by atoms with Gasteiger partial charge in [0.05, 0.1) is 18.1 Å². The number of allylic oxidation sites excluding steroid dienone is 2. The molecule has 0 aromatic rings. The molecule has 4 atom stereocenters. The lowest BCUT2D eigenvalue weighted by Crippen LogP contribution is -2.42. The number of aliphatic carboxylic acids is 1. The van der Waals surface area contributed by atoms with Crippen LogP contribution in [0.15, 0.2) is 12.2 Å². The van der Waals surface area contributed by atoms with Crippen LogP contribution >= 0.6 is 0 Å². The summed E-state index contributed by atoms with van der Waals surface area (Å²) >= 11 is 0. The average Bonchev–Trinajstić information content (AvgIpc) is 3.29. The number of carboxylic acids is 1. The summed E-state index contributed by atoms with van der Waals surface area (Å²) in [5.41, 5.74) is 0. The second-order valence-corrected chi connectivity index (χ2v) is 8.07. The molecule has 2 aliphatic heterocycles. The minimum Gasteiger partial charge on any atom is -0.481 e. The van der Waals surface area contributed by atoms with Crippen LogP contribution in [0.25, 0.3) is 0 Å². The third kappa shape index (κ3) is 7.80. The maximum Gasteiger partial charge on any atom is 0.303 e. The molecule has 0 saturated carbocycles. The van der Waals surface area contributed by atoms with E-state index < -0.39 is 5.97 Å². The number of fused-ring (bicyclic) bond motifs is 2. The molecule has 0 aliphatic carbocycles.